The van der Waals surface area contributed by atoms with E-state index in [-0.39, 0.29) is 11.0 Å². The summed E-state index contributed by atoms with van der Waals surface area (Å²) in [7, 11) is 4.18. The van der Waals surface area contributed by atoms with Crippen LogP contribution in [0.2, 0.25) is 0 Å². The van der Waals surface area contributed by atoms with Crippen molar-refractivity contribution in [2.75, 3.05) is 14.1 Å². The van der Waals surface area contributed by atoms with Crippen molar-refractivity contribution in [2.24, 2.45) is 11.1 Å². The molecule has 0 aliphatic carbocycles. The van der Waals surface area contributed by atoms with Gasteiger partial charge in [0.15, 0.2) is 0 Å². The van der Waals surface area contributed by atoms with Gasteiger partial charge in [-0.1, -0.05) is 20.8 Å². The van der Waals surface area contributed by atoms with Crippen LogP contribution in [0.5, 0.6) is 0 Å². The number of likely N-dealkylation sites (N-methyl/N-ethyl adjacent to an activating group) is 1. The smallest absolute Gasteiger partial charge is 0.0312 e. The predicted molar refractivity (Wildman–Crippen MR) is 55.2 cm³/mol. The van der Waals surface area contributed by atoms with Gasteiger partial charge in [-0.15, -0.1) is 0 Å². The van der Waals surface area contributed by atoms with Gasteiger partial charge in [-0.3, -0.25) is 0 Å². The Morgan fingerprint density at radius 3 is 1.33 bits per heavy atom. The zero-order valence-corrected chi connectivity index (χ0v) is 9.60. The minimum Gasteiger partial charge on any atom is -0.324 e. The molecule has 0 amide bonds. The van der Waals surface area contributed by atoms with E-state index in [1.807, 2.05) is 0 Å². The highest BCUT2D eigenvalue weighted by molar-refractivity contribution is 4.95. The maximum atomic E-state index is 6.13. The summed E-state index contributed by atoms with van der Waals surface area (Å²) in [6.45, 7) is 10.9. The Bertz CT molecular complexity index is 123. The molecule has 0 saturated carbocycles. The van der Waals surface area contributed by atoms with E-state index in [0.29, 0.717) is 6.04 Å². The quantitative estimate of drug-likeness (QED) is 0.687. The predicted octanol–water partition coefficient (Wildman–Crippen LogP) is 1.70. The van der Waals surface area contributed by atoms with E-state index in [0.717, 1.165) is 0 Å². The third-order valence-electron chi connectivity index (χ3n) is 2.04. The molecular weight excluding hydrogens is 148 g/mol. The Morgan fingerprint density at radius 2 is 1.33 bits per heavy atom. The molecule has 0 fully saturated rings. The monoisotopic (exact) mass is 172 g/mol. The van der Waals surface area contributed by atoms with Gasteiger partial charge in [0.05, 0.1) is 0 Å². The fourth-order valence-electron chi connectivity index (χ4n) is 2.56. The minimum atomic E-state index is -0.151. The van der Waals surface area contributed by atoms with Crippen LogP contribution in [0.3, 0.4) is 0 Å². The average Bonchev–Trinajstić information content (AvgIpc) is 1.49. The van der Waals surface area contributed by atoms with Crippen molar-refractivity contribution in [2.45, 2.75) is 46.2 Å². The van der Waals surface area contributed by atoms with Gasteiger partial charge in [0.25, 0.3) is 0 Å². The molecule has 0 rings (SSSR count). The largest absolute Gasteiger partial charge is 0.324 e. The highest BCUT2D eigenvalue weighted by atomic mass is 15.1. The highest BCUT2D eigenvalue weighted by Crippen LogP contribution is 2.29. The lowest BCUT2D eigenvalue weighted by Crippen LogP contribution is -2.58. The van der Waals surface area contributed by atoms with Crippen molar-refractivity contribution >= 4 is 0 Å². The molecule has 0 heterocycles. The molecule has 0 bridgehead atoms. The maximum Gasteiger partial charge on any atom is 0.0312 e. The Morgan fingerprint density at radius 1 is 1.00 bits per heavy atom. The molecule has 12 heavy (non-hydrogen) atoms. The molecule has 0 saturated heterocycles. The van der Waals surface area contributed by atoms with Gasteiger partial charge in [-0.05, 0) is 33.4 Å². The molecule has 0 aromatic heterocycles. The van der Waals surface area contributed by atoms with Crippen LogP contribution in [-0.4, -0.2) is 30.6 Å². The van der Waals surface area contributed by atoms with Crippen LogP contribution in [0.4, 0.5) is 0 Å². The second kappa shape index (κ2) is 3.35. The third-order valence-corrected chi connectivity index (χ3v) is 2.04. The SMILES string of the molecule is CN(C)C(C(C)(C)C)C(C)(C)N. The fourth-order valence-corrected chi connectivity index (χ4v) is 2.56. The third kappa shape index (κ3) is 3.11. The van der Waals surface area contributed by atoms with Crippen LogP contribution in [0, 0.1) is 5.41 Å². The van der Waals surface area contributed by atoms with Crippen molar-refractivity contribution in [3.8, 4) is 0 Å². The maximum absolute atomic E-state index is 6.13. The molecule has 0 spiro atoms. The van der Waals surface area contributed by atoms with Crippen molar-refractivity contribution in [3.05, 3.63) is 0 Å². The highest BCUT2D eigenvalue weighted by Gasteiger charge is 2.36. The summed E-state index contributed by atoms with van der Waals surface area (Å²) >= 11 is 0. The summed E-state index contributed by atoms with van der Waals surface area (Å²) in [5.74, 6) is 0. The van der Waals surface area contributed by atoms with Crippen molar-refractivity contribution in [3.63, 3.8) is 0 Å². The van der Waals surface area contributed by atoms with Crippen LogP contribution in [0.25, 0.3) is 0 Å². The summed E-state index contributed by atoms with van der Waals surface area (Å²) in [6, 6.07) is 0.394. The molecule has 2 nitrogen and oxygen atoms in total. The van der Waals surface area contributed by atoms with Crippen molar-refractivity contribution < 1.29 is 0 Å². The van der Waals surface area contributed by atoms with Gasteiger partial charge in [0.2, 0.25) is 0 Å². The molecule has 1 unspecified atom stereocenters. The molecule has 2 heteroatoms. The molecule has 0 aliphatic heterocycles. The standard InChI is InChI=1S/C10H24N2/c1-9(2,3)8(12(6)7)10(4,5)11/h8H,11H2,1-7H3. The second-order valence-electron chi connectivity index (χ2n) is 5.55. The van der Waals surface area contributed by atoms with Crippen LogP contribution >= 0.6 is 0 Å². The number of nitrogens with two attached hydrogens (primary N) is 1. The Hall–Kier alpha value is -0.0800. The van der Waals surface area contributed by atoms with E-state index in [2.05, 4.69) is 53.6 Å². The lowest BCUT2D eigenvalue weighted by molar-refractivity contribution is 0.0893. The van der Waals surface area contributed by atoms with Crippen LogP contribution in [0.1, 0.15) is 34.6 Å². The van der Waals surface area contributed by atoms with E-state index in [1.54, 1.807) is 0 Å². The van der Waals surface area contributed by atoms with Gasteiger partial charge in [-0.25, -0.2) is 0 Å². The molecule has 0 aromatic rings. The summed E-state index contributed by atoms with van der Waals surface area (Å²) in [5.41, 5.74) is 6.20. The van der Waals surface area contributed by atoms with Crippen LogP contribution in [0.15, 0.2) is 0 Å². The van der Waals surface area contributed by atoms with Crippen LogP contribution in [-0.2, 0) is 0 Å². The first-order chi connectivity index (χ1) is 5.07. The average molecular weight is 172 g/mol. The summed E-state index contributed by atoms with van der Waals surface area (Å²) in [4.78, 5) is 2.21. The molecule has 0 aliphatic rings. The zero-order valence-electron chi connectivity index (χ0n) is 9.60. The normalized spacial score (nSPS) is 16.8. The van der Waals surface area contributed by atoms with E-state index in [4.69, 9.17) is 5.73 Å². The van der Waals surface area contributed by atoms with E-state index >= 15 is 0 Å². The first-order valence-corrected chi connectivity index (χ1v) is 4.52. The zero-order chi connectivity index (χ0) is 10.2. The molecular formula is C10H24N2. The van der Waals surface area contributed by atoms with Gasteiger partial charge < -0.3 is 10.6 Å². The first kappa shape index (κ1) is 11.9. The van der Waals surface area contributed by atoms with Crippen molar-refractivity contribution in [1.82, 2.24) is 4.90 Å². The topological polar surface area (TPSA) is 29.3 Å². The lowest BCUT2D eigenvalue weighted by atomic mass is 9.76. The van der Waals surface area contributed by atoms with Crippen LogP contribution < -0.4 is 5.73 Å². The summed E-state index contributed by atoms with van der Waals surface area (Å²) in [5, 5.41) is 0. The molecule has 2 N–H and O–H groups in total. The second-order valence-corrected chi connectivity index (χ2v) is 5.55. The van der Waals surface area contributed by atoms with Crippen molar-refractivity contribution in [1.29, 1.82) is 0 Å². The van der Waals surface area contributed by atoms with Gasteiger partial charge in [0, 0.05) is 11.6 Å². The summed E-state index contributed by atoms with van der Waals surface area (Å²) in [6.07, 6.45) is 0. The van der Waals surface area contributed by atoms with E-state index < -0.39 is 0 Å². The summed E-state index contributed by atoms with van der Waals surface area (Å²) < 4.78 is 0. The minimum absolute atomic E-state index is 0.151. The first-order valence-electron chi connectivity index (χ1n) is 4.52. The Kier molecular flexibility index (Phi) is 3.32. The van der Waals surface area contributed by atoms with E-state index in [9.17, 15) is 0 Å². The van der Waals surface area contributed by atoms with Gasteiger partial charge in [0.1, 0.15) is 0 Å². The Balaban J connectivity index is 4.70. The fraction of sp³-hybridized carbons (Fsp3) is 1.00. The molecule has 0 aromatic carbocycles. The Labute approximate surface area is 77.1 Å². The van der Waals surface area contributed by atoms with Gasteiger partial charge in [-0.2, -0.15) is 0 Å². The van der Waals surface area contributed by atoms with E-state index in [1.165, 1.54) is 0 Å². The lowest BCUT2D eigenvalue weighted by Gasteiger charge is -2.44. The number of hydrogen-bond acceptors (Lipinski definition) is 2. The molecule has 1 atom stereocenters. The number of nitrogens with zero attached hydrogens (tertiary/aromatic N) is 1. The number of rotatable bonds is 2. The molecule has 74 valence electrons. The van der Waals surface area contributed by atoms with Gasteiger partial charge >= 0.3 is 0 Å². The number of hydrogen-bond donors (Lipinski definition) is 1. The molecule has 0 radical (unpaired) electrons.